The summed E-state index contributed by atoms with van der Waals surface area (Å²) in [4.78, 5) is 24.2. The molecular formula is C16H13N5O3. The molecule has 0 aliphatic carbocycles. The van der Waals surface area contributed by atoms with Crippen molar-refractivity contribution in [3.05, 3.63) is 48.3 Å². The second kappa shape index (κ2) is 5.52. The number of pyridine rings is 1. The average Bonchev–Trinajstić information content (AvgIpc) is 2.59. The lowest BCUT2D eigenvalue weighted by Crippen LogP contribution is -2.47. The van der Waals surface area contributed by atoms with Gasteiger partial charge in [-0.15, -0.1) is 0 Å². The van der Waals surface area contributed by atoms with Crippen LogP contribution >= 0.6 is 0 Å². The maximum absolute atomic E-state index is 11.7. The Hall–Kier alpha value is -3.10. The molecule has 0 saturated heterocycles. The van der Waals surface area contributed by atoms with Crippen LogP contribution in [0, 0.1) is 0 Å². The van der Waals surface area contributed by atoms with Crippen molar-refractivity contribution in [1.82, 2.24) is 15.0 Å². The first-order valence-corrected chi connectivity index (χ1v) is 7.29. The molecule has 1 aliphatic rings. The van der Waals surface area contributed by atoms with Gasteiger partial charge in [0.05, 0.1) is 11.7 Å². The molecule has 1 atom stereocenters. The fourth-order valence-electron chi connectivity index (χ4n) is 2.60. The average molecular weight is 323 g/mol. The third-order valence-electron chi connectivity index (χ3n) is 3.79. The molecule has 1 amide bonds. The van der Waals surface area contributed by atoms with Gasteiger partial charge in [-0.3, -0.25) is 10.0 Å². The number of rotatable bonds is 2. The molecule has 8 nitrogen and oxygen atoms in total. The van der Waals surface area contributed by atoms with E-state index in [-0.39, 0.29) is 6.01 Å². The van der Waals surface area contributed by atoms with Crippen LogP contribution in [0.15, 0.2) is 42.7 Å². The normalized spacial score (nSPS) is 17.0. The van der Waals surface area contributed by atoms with E-state index in [2.05, 4.69) is 15.0 Å². The molecule has 4 rings (SSSR count). The molecule has 3 heterocycles. The van der Waals surface area contributed by atoms with Gasteiger partial charge >= 0.3 is 6.01 Å². The highest BCUT2D eigenvalue weighted by Gasteiger charge is 2.29. The summed E-state index contributed by atoms with van der Waals surface area (Å²) >= 11 is 0. The van der Waals surface area contributed by atoms with Crippen molar-refractivity contribution in [2.24, 2.45) is 5.73 Å². The van der Waals surface area contributed by atoms with Crippen LogP contribution in [0.25, 0.3) is 11.0 Å². The summed E-state index contributed by atoms with van der Waals surface area (Å²) in [5, 5.41) is 11.2. The Balaban J connectivity index is 1.65. The van der Waals surface area contributed by atoms with Crippen LogP contribution in [-0.2, 0) is 11.2 Å². The van der Waals surface area contributed by atoms with E-state index in [1.807, 2.05) is 6.07 Å². The number of amides is 1. The van der Waals surface area contributed by atoms with Crippen molar-refractivity contribution < 1.29 is 14.7 Å². The van der Waals surface area contributed by atoms with E-state index >= 15 is 0 Å². The number of anilines is 1. The number of fused-ring (bicyclic) bond motifs is 2. The number of benzene rings is 1. The Morgan fingerprint density at radius 3 is 3.04 bits per heavy atom. The largest absolute Gasteiger partial charge is 0.424 e. The molecule has 0 spiro atoms. The van der Waals surface area contributed by atoms with Gasteiger partial charge in [0.25, 0.3) is 5.91 Å². The molecule has 1 aliphatic heterocycles. The van der Waals surface area contributed by atoms with Crippen molar-refractivity contribution in [2.45, 2.75) is 12.5 Å². The quantitative estimate of drug-likeness (QED) is 0.685. The van der Waals surface area contributed by atoms with Gasteiger partial charge in [0.1, 0.15) is 5.75 Å². The van der Waals surface area contributed by atoms with Crippen molar-refractivity contribution in [1.29, 1.82) is 0 Å². The monoisotopic (exact) mass is 323 g/mol. The van der Waals surface area contributed by atoms with Crippen molar-refractivity contribution >= 4 is 22.6 Å². The maximum atomic E-state index is 11.7. The SMILES string of the molecule is NC1Cc2cc(Oc3ncc4cccnc4n3)ccc2N(O)C1=O. The number of nitrogens with zero attached hydrogens (tertiary/aromatic N) is 4. The van der Waals surface area contributed by atoms with Crippen LogP contribution in [0.2, 0.25) is 0 Å². The highest BCUT2D eigenvalue weighted by molar-refractivity contribution is 5.98. The third-order valence-corrected chi connectivity index (χ3v) is 3.79. The van der Waals surface area contributed by atoms with E-state index in [1.54, 1.807) is 36.7 Å². The molecule has 3 aromatic rings. The molecular weight excluding hydrogens is 310 g/mol. The number of hydrogen-bond acceptors (Lipinski definition) is 7. The summed E-state index contributed by atoms with van der Waals surface area (Å²) in [6.07, 6.45) is 3.60. The molecule has 3 N–H and O–H groups in total. The van der Waals surface area contributed by atoms with E-state index in [0.29, 0.717) is 34.1 Å². The van der Waals surface area contributed by atoms with Crippen LogP contribution in [0.5, 0.6) is 11.8 Å². The lowest BCUT2D eigenvalue weighted by molar-refractivity contribution is -0.125. The zero-order chi connectivity index (χ0) is 16.7. The first kappa shape index (κ1) is 14.5. The molecule has 0 radical (unpaired) electrons. The Morgan fingerprint density at radius 2 is 2.17 bits per heavy atom. The van der Waals surface area contributed by atoms with Crippen LogP contribution in [-0.4, -0.2) is 32.1 Å². The van der Waals surface area contributed by atoms with Gasteiger partial charge in [0.2, 0.25) is 0 Å². The Morgan fingerprint density at radius 1 is 1.29 bits per heavy atom. The van der Waals surface area contributed by atoms with Gasteiger partial charge < -0.3 is 10.5 Å². The number of nitrogens with two attached hydrogens (primary N) is 1. The van der Waals surface area contributed by atoms with Crippen molar-refractivity contribution in [3.63, 3.8) is 0 Å². The second-order valence-corrected chi connectivity index (χ2v) is 5.42. The van der Waals surface area contributed by atoms with Gasteiger partial charge in [-0.1, -0.05) is 0 Å². The number of aromatic nitrogens is 3. The molecule has 1 unspecified atom stereocenters. The zero-order valence-electron chi connectivity index (χ0n) is 12.5. The molecule has 120 valence electrons. The van der Waals surface area contributed by atoms with Crippen LogP contribution < -0.4 is 15.5 Å². The lowest BCUT2D eigenvalue weighted by Gasteiger charge is -2.27. The molecule has 0 bridgehead atoms. The highest BCUT2D eigenvalue weighted by atomic mass is 16.5. The van der Waals surface area contributed by atoms with E-state index in [4.69, 9.17) is 10.5 Å². The second-order valence-electron chi connectivity index (χ2n) is 5.42. The number of ether oxygens (including phenoxy) is 1. The van der Waals surface area contributed by atoms with Gasteiger partial charge in [-0.2, -0.15) is 10.0 Å². The fraction of sp³-hybridized carbons (Fsp3) is 0.125. The van der Waals surface area contributed by atoms with Crippen molar-refractivity contribution in [2.75, 3.05) is 5.06 Å². The van der Waals surface area contributed by atoms with E-state index in [0.717, 1.165) is 5.39 Å². The van der Waals surface area contributed by atoms with Gasteiger partial charge in [-0.05, 0) is 42.3 Å². The van der Waals surface area contributed by atoms with Gasteiger partial charge in [0.15, 0.2) is 5.65 Å². The Kier molecular flexibility index (Phi) is 3.33. The van der Waals surface area contributed by atoms with E-state index < -0.39 is 11.9 Å². The zero-order valence-corrected chi connectivity index (χ0v) is 12.5. The maximum Gasteiger partial charge on any atom is 0.324 e. The standard InChI is InChI=1S/C16H13N5O3/c17-12-7-10-6-11(3-4-13(10)21(23)15(12)22)24-16-19-8-9-2-1-5-18-14(9)20-16/h1-6,8,12,23H,7,17H2. The first-order valence-electron chi connectivity index (χ1n) is 7.29. The molecule has 2 aromatic heterocycles. The molecule has 0 fully saturated rings. The predicted molar refractivity (Wildman–Crippen MR) is 84.8 cm³/mol. The molecule has 24 heavy (non-hydrogen) atoms. The number of carbonyl (C=O) groups is 1. The molecule has 0 saturated carbocycles. The number of hydrogen-bond donors (Lipinski definition) is 2. The highest BCUT2D eigenvalue weighted by Crippen LogP contribution is 2.31. The fourth-order valence-corrected chi connectivity index (χ4v) is 2.60. The molecule has 1 aromatic carbocycles. The smallest absolute Gasteiger partial charge is 0.324 e. The lowest BCUT2D eigenvalue weighted by atomic mass is 9.99. The summed E-state index contributed by atoms with van der Waals surface area (Å²) < 4.78 is 5.66. The van der Waals surface area contributed by atoms with Crippen LogP contribution in [0.1, 0.15) is 5.56 Å². The van der Waals surface area contributed by atoms with Gasteiger partial charge in [-0.25, -0.2) is 9.97 Å². The molecule has 8 heteroatoms. The summed E-state index contributed by atoms with van der Waals surface area (Å²) in [7, 11) is 0. The predicted octanol–water partition coefficient (Wildman–Crippen LogP) is 1.42. The summed E-state index contributed by atoms with van der Waals surface area (Å²) in [5.41, 5.74) is 7.37. The van der Waals surface area contributed by atoms with Crippen LogP contribution in [0.4, 0.5) is 5.69 Å². The third kappa shape index (κ3) is 2.43. The Labute approximate surface area is 136 Å². The first-order chi connectivity index (χ1) is 11.6. The number of hydroxylamine groups is 1. The van der Waals surface area contributed by atoms with Crippen LogP contribution in [0.3, 0.4) is 0 Å². The van der Waals surface area contributed by atoms with E-state index in [9.17, 15) is 10.0 Å². The summed E-state index contributed by atoms with van der Waals surface area (Å²) in [6, 6.07) is 7.97. The summed E-state index contributed by atoms with van der Waals surface area (Å²) in [6.45, 7) is 0. The van der Waals surface area contributed by atoms with Crippen molar-refractivity contribution in [3.8, 4) is 11.8 Å². The number of carbonyl (C=O) groups excluding carboxylic acids is 1. The minimum absolute atomic E-state index is 0.165. The Bertz CT molecular complexity index is 946. The minimum Gasteiger partial charge on any atom is -0.424 e. The topological polar surface area (TPSA) is 114 Å². The summed E-state index contributed by atoms with van der Waals surface area (Å²) in [5.74, 6) is -0.0425. The van der Waals surface area contributed by atoms with Gasteiger partial charge in [0, 0.05) is 17.8 Å². The minimum atomic E-state index is -0.779. The van der Waals surface area contributed by atoms with E-state index in [1.165, 1.54) is 0 Å².